The number of hydrogen-bond acceptors (Lipinski definition) is 3. The van der Waals surface area contributed by atoms with Crippen molar-refractivity contribution in [2.45, 2.75) is 52.1 Å². The minimum Gasteiger partial charge on any atom is -0.357 e. The summed E-state index contributed by atoms with van der Waals surface area (Å²) >= 11 is 0. The fraction of sp³-hybridized carbons (Fsp3) is 0.696. The van der Waals surface area contributed by atoms with Crippen LogP contribution in [0.4, 0.5) is 0 Å². The minimum atomic E-state index is 0.527. The van der Waals surface area contributed by atoms with Crippen molar-refractivity contribution in [3.63, 3.8) is 0 Å². The number of guanidine groups is 1. The molecule has 0 aromatic heterocycles. The van der Waals surface area contributed by atoms with Crippen molar-refractivity contribution in [2.75, 3.05) is 45.8 Å². The van der Waals surface area contributed by atoms with Crippen molar-refractivity contribution in [1.29, 1.82) is 0 Å². The van der Waals surface area contributed by atoms with E-state index in [0.717, 1.165) is 38.7 Å². The summed E-state index contributed by atoms with van der Waals surface area (Å²) in [7, 11) is 0. The van der Waals surface area contributed by atoms with Crippen LogP contribution in [-0.4, -0.2) is 67.6 Å². The molecule has 0 aliphatic carbocycles. The number of aliphatic imine (C=N–C) groups is 1. The van der Waals surface area contributed by atoms with Gasteiger partial charge in [0.1, 0.15) is 0 Å². The van der Waals surface area contributed by atoms with Crippen molar-refractivity contribution in [3.05, 3.63) is 35.9 Å². The number of piperidine rings is 1. The molecule has 1 atom stereocenters. The van der Waals surface area contributed by atoms with E-state index in [1.807, 2.05) is 0 Å². The van der Waals surface area contributed by atoms with Crippen molar-refractivity contribution >= 4 is 5.96 Å². The summed E-state index contributed by atoms with van der Waals surface area (Å²) in [6, 6.07) is 11.3. The maximum absolute atomic E-state index is 4.89. The van der Waals surface area contributed by atoms with Gasteiger partial charge in [-0.15, -0.1) is 0 Å². The van der Waals surface area contributed by atoms with Gasteiger partial charge in [0.25, 0.3) is 0 Å². The lowest BCUT2D eigenvalue weighted by Gasteiger charge is -2.33. The van der Waals surface area contributed by atoms with Crippen LogP contribution in [0, 0.1) is 5.92 Å². The molecule has 2 aliphatic heterocycles. The van der Waals surface area contributed by atoms with Gasteiger partial charge in [0.15, 0.2) is 5.96 Å². The van der Waals surface area contributed by atoms with E-state index in [0.29, 0.717) is 12.0 Å². The number of nitrogens with one attached hydrogen (secondary N) is 2. The lowest BCUT2D eigenvalue weighted by molar-refractivity contribution is 0.198. The largest absolute Gasteiger partial charge is 0.357 e. The summed E-state index contributed by atoms with van der Waals surface area (Å²) in [5.41, 5.74) is 1.41. The Hall–Kier alpha value is -1.59. The predicted molar refractivity (Wildman–Crippen MR) is 119 cm³/mol. The van der Waals surface area contributed by atoms with Gasteiger partial charge in [0.05, 0.1) is 0 Å². The molecular weight excluding hydrogens is 346 g/mol. The molecule has 1 aromatic rings. The van der Waals surface area contributed by atoms with Crippen LogP contribution in [-0.2, 0) is 6.54 Å². The molecule has 1 unspecified atom stereocenters. The van der Waals surface area contributed by atoms with Gasteiger partial charge in [-0.1, -0.05) is 37.3 Å². The highest BCUT2D eigenvalue weighted by atomic mass is 15.2. The summed E-state index contributed by atoms with van der Waals surface area (Å²) in [6.45, 7) is 13.4. The van der Waals surface area contributed by atoms with Crippen molar-refractivity contribution in [2.24, 2.45) is 10.9 Å². The van der Waals surface area contributed by atoms with Gasteiger partial charge >= 0.3 is 0 Å². The number of likely N-dealkylation sites (tertiary alicyclic amines) is 2. The van der Waals surface area contributed by atoms with Gasteiger partial charge in [-0.2, -0.15) is 0 Å². The average molecular weight is 386 g/mol. The second-order valence-corrected chi connectivity index (χ2v) is 8.51. The van der Waals surface area contributed by atoms with Gasteiger partial charge in [-0.05, 0) is 57.2 Å². The van der Waals surface area contributed by atoms with Crippen LogP contribution in [0.3, 0.4) is 0 Å². The smallest absolute Gasteiger partial charge is 0.191 e. The second kappa shape index (κ2) is 11.4. The highest BCUT2D eigenvalue weighted by Gasteiger charge is 2.20. The molecule has 2 saturated heterocycles. The van der Waals surface area contributed by atoms with E-state index in [1.54, 1.807) is 0 Å². The molecule has 156 valence electrons. The van der Waals surface area contributed by atoms with E-state index in [4.69, 9.17) is 4.99 Å². The van der Waals surface area contributed by atoms with Gasteiger partial charge in [-0.25, -0.2) is 0 Å². The summed E-state index contributed by atoms with van der Waals surface area (Å²) in [4.78, 5) is 10.0. The molecule has 5 nitrogen and oxygen atoms in total. The zero-order valence-corrected chi connectivity index (χ0v) is 17.9. The van der Waals surface area contributed by atoms with Crippen LogP contribution in [0.15, 0.2) is 35.3 Å². The summed E-state index contributed by atoms with van der Waals surface area (Å²) < 4.78 is 0. The Morgan fingerprint density at radius 2 is 1.79 bits per heavy atom. The Bertz CT molecular complexity index is 574. The number of hydrogen-bond donors (Lipinski definition) is 2. The maximum atomic E-state index is 4.89. The Labute approximate surface area is 171 Å². The Morgan fingerprint density at radius 1 is 1.07 bits per heavy atom. The Kier molecular flexibility index (Phi) is 8.62. The van der Waals surface area contributed by atoms with E-state index in [9.17, 15) is 0 Å². The van der Waals surface area contributed by atoms with Gasteiger partial charge in [0, 0.05) is 45.3 Å². The van der Waals surface area contributed by atoms with Crippen LogP contribution in [0.5, 0.6) is 0 Å². The highest BCUT2D eigenvalue weighted by molar-refractivity contribution is 5.80. The predicted octanol–water partition coefficient (Wildman–Crippen LogP) is 2.94. The molecule has 2 heterocycles. The molecule has 0 amide bonds. The first-order valence-corrected chi connectivity index (χ1v) is 11.3. The first-order chi connectivity index (χ1) is 13.7. The first kappa shape index (κ1) is 21.1. The number of rotatable bonds is 8. The summed E-state index contributed by atoms with van der Waals surface area (Å²) in [5, 5.41) is 7.13. The van der Waals surface area contributed by atoms with Crippen LogP contribution in [0.2, 0.25) is 0 Å². The second-order valence-electron chi connectivity index (χ2n) is 8.51. The molecule has 2 fully saturated rings. The van der Waals surface area contributed by atoms with Crippen LogP contribution in [0.25, 0.3) is 0 Å². The monoisotopic (exact) mass is 385 g/mol. The van der Waals surface area contributed by atoms with Gasteiger partial charge in [-0.3, -0.25) is 9.89 Å². The third kappa shape index (κ3) is 7.10. The molecule has 28 heavy (non-hydrogen) atoms. The molecule has 0 spiro atoms. The quantitative estimate of drug-likeness (QED) is 0.533. The molecule has 2 aliphatic rings. The van der Waals surface area contributed by atoms with Crippen LogP contribution in [0.1, 0.15) is 45.1 Å². The average Bonchev–Trinajstić information content (AvgIpc) is 3.21. The van der Waals surface area contributed by atoms with E-state index in [-0.39, 0.29) is 0 Å². The van der Waals surface area contributed by atoms with E-state index < -0.39 is 0 Å². The molecule has 2 N–H and O–H groups in total. The SMILES string of the molecule is CCNC(=NCC(C)CN1CCCC1)NC1CCN(Cc2ccccc2)CC1. The zero-order chi connectivity index (χ0) is 19.6. The standard InChI is InChI=1S/C23H39N5/c1-3-24-23(25-17-20(2)18-27-13-7-8-14-27)26-22-11-15-28(16-12-22)19-21-9-5-4-6-10-21/h4-6,9-10,20,22H,3,7-8,11-19H2,1-2H3,(H2,24,25,26). The van der Waals surface area contributed by atoms with Gasteiger partial charge in [0.2, 0.25) is 0 Å². The van der Waals surface area contributed by atoms with Crippen LogP contribution < -0.4 is 10.6 Å². The van der Waals surface area contributed by atoms with Crippen molar-refractivity contribution < 1.29 is 0 Å². The lowest BCUT2D eigenvalue weighted by Crippen LogP contribution is -2.48. The van der Waals surface area contributed by atoms with E-state index >= 15 is 0 Å². The maximum Gasteiger partial charge on any atom is 0.191 e. The van der Waals surface area contributed by atoms with E-state index in [1.165, 1.54) is 50.9 Å². The molecule has 1 aromatic carbocycles. The molecular formula is C23H39N5. The van der Waals surface area contributed by atoms with Crippen molar-refractivity contribution in [3.8, 4) is 0 Å². The normalized spacial score (nSPS) is 21.0. The summed E-state index contributed by atoms with van der Waals surface area (Å²) in [6.07, 6.45) is 5.09. The topological polar surface area (TPSA) is 42.9 Å². The van der Waals surface area contributed by atoms with Gasteiger partial charge < -0.3 is 15.5 Å². The molecule has 3 rings (SSSR count). The van der Waals surface area contributed by atoms with Crippen LogP contribution >= 0.6 is 0 Å². The fourth-order valence-electron chi connectivity index (χ4n) is 4.30. The molecule has 0 radical (unpaired) electrons. The zero-order valence-electron chi connectivity index (χ0n) is 17.9. The minimum absolute atomic E-state index is 0.527. The van der Waals surface area contributed by atoms with Crippen molar-refractivity contribution in [1.82, 2.24) is 20.4 Å². The number of benzene rings is 1. The molecule has 0 bridgehead atoms. The third-order valence-electron chi connectivity index (χ3n) is 5.85. The fourth-order valence-corrected chi connectivity index (χ4v) is 4.30. The molecule has 0 saturated carbocycles. The third-order valence-corrected chi connectivity index (χ3v) is 5.85. The summed E-state index contributed by atoms with van der Waals surface area (Å²) in [5.74, 6) is 1.61. The Balaban J connectivity index is 1.41. The number of nitrogens with zero attached hydrogens (tertiary/aromatic N) is 3. The Morgan fingerprint density at radius 3 is 2.46 bits per heavy atom. The highest BCUT2D eigenvalue weighted by Crippen LogP contribution is 2.14. The molecule has 5 heteroatoms. The first-order valence-electron chi connectivity index (χ1n) is 11.3. The lowest BCUT2D eigenvalue weighted by atomic mass is 10.0. The van der Waals surface area contributed by atoms with E-state index in [2.05, 4.69) is 64.6 Å².